The fraction of sp³-hybridized carbons (Fsp3) is 0.375. The Bertz CT molecular complexity index is 658. The first-order chi connectivity index (χ1) is 10.2. The van der Waals surface area contributed by atoms with Crippen LogP contribution in [0, 0.1) is 0 Å². The Labute approximate surface area is 140 Å². The van der Waals surface area contributed by atoms with E-state index in [1.807, 2.05) is 28.5 Å². The molecule has 2 heterocycles. The van der Waals surface area contributed by atoms with E-state index in [0.717, 1.165) is 30.1 Å². The molecule has 1 atom stereocenters. The van der Waals surface area contributed by atoms with Gasteiger partial charge in [0.15, 0.2) is 0 Å². The molecule has 118 valence electrons. The Balaban J connectivity index is 0.00000176. The fourth-order valence-corrected chi connectivity index (χ4v) is 3.53. The second-order valence-corrected chi connectivity index (χ2v) is 6.31. The van der Waals surface area contributed by atoms with E-state index < -0.39 is 0 Å². The molecule has 0 bridgehead atoms. The van der Waals surface area contributed by atoms with Gasteiger partial charge in [-0.1, -0.05) is 25.1 Å². The molecule has 0 spiro atoms. The predicted molar refractivity (Wildman–Crippen MR) is 93.3 cm³/mol. The molecular weight excluding hydrogens is 318 g/mol. The van der Waals surface area contributed by atoms with Gasteiger partial charge in [0, 0.05) is 24.0 Å². The molecule has 1 aromatic carbocycles. The van der Waals surface area contributed by atoms with Crippen molar-refractivity contribution in [2.24, 2.45) is 5.73 Å². The number of nitrogens with two attached hydrogens (primary N) is 1. The van der Waals surface area contributed by atoms with Gasteiger partial charge in [-0.25, -0.2) is 4.98 Å². The lowest BCUT2D eigenvalue weighted by atomic mass is 9.91. The second-order valence-electron chi connectivity index (χ2n) is 5.37. The minimum Gasteiger partial charge on any atom is -0.330 e. The van der Waals surface area contributed by atoms with Crippen LogP contribution in [0.1, 0.15) is 40.3 Å². The summed E-state index contributed by atoms with van der Waals surface area (Å²) in [4.78, 5) is 19.0. The van der Waals surface area contributed by atoms with Crippen molar-refractivity contribution in [3.8, 4) is 0 Å². The molecule has 2 N–H and O–H groups in total. The topological polar surface area (TPSA) is 59.2 Å². The van der Waals surface area contributed by atoms with Gasteiger partial charge in [-0.3, -0.25) is 4.79 Å². The zero-order valence-electron chi connectivity index (χ0n) is 12.5. The van der Waals surface area contributed by atoms with Gasteiger partial charge in [-0.15, -0.1) is 23.7 Å². The van der Waals surface area contributed by atoms with E-state index in [0.29, 0.717) is 18.2 Å². The highest BCUT2D eigenvalue weighted by Gasteiger charge is 2.27. The van der Waals surface area contributed by atoms with Crippen LogP contribution >= 0.6 is 23.7 Å². The van der Waals surface area contributed by atoms with Gasteiger partial charge in [-0.05, 0) is 30.5 Å². The van der Waals surface area contributed by atoms with Crippen LogP contribution in [-0.4, -0.2) is 24.0 Å². The molecule has 0 aliphatic carbocycles. The molecule has 1 aliphatic heterocycles. The van der Waals surface area contributed by atoms with Crippen molar-refractivity contribution < 1.29 is 4.79 Å². The average Bonchev–Trinajstić information content (AvgIpc) is 2.96. The SMILES string of the molecule is CC1CCN(C(=O)c2csc(CCN)n2)c2ccccc21.Cl. The van der Waals surface area contributed by atoms with E-state index in [1.165, 1.54) is 16.9 Å². The Morgan fingerprint density at radius 3 is 3.00 bits per heavy atom. The van der Waals surface area contributed by atoms with Crippen LogP contribution in [0.25, 0.3) is 0 Å². The smallest absolute Gasteiger partial charge is 0.277 e. The Morgan fingerprint density at radius 1 is 1.45 bits per heavy atom. The third-order valence-electron chi connectivity index (χ3n) is 3.92. The Hall–Kier alpha value is -1.43. The molecule has 0 fully saturated rings. The van der Waals surface area contributed by atoms with Crippen molar-refractivity contribution in [3.63, 3.8) is 0 Å². The van der Waals surface area contributed by atoms with Crippen molar-refractivity contribution in [2.75, 3.05) is 18.0 Å². The van der Waals surface area contributed by atoms with Gasteiger partial charge < -0.3 is 10.6 Å². The standard InChI is InChI=1S/C16H19N3OS.ClH/c1-11-7-9-19(14-5-3-2-4-12(11)14)16(20)13-10-21-15(18-13)6-8-17;/h2-5,10-11H,6-9,17H2,1H3;1H. The lowest BCUT2D eigenvalue weighted by Crippen LogP contribution is -2.36. The monoisotopic (exact) mass is 337 g/mol. The highest BCUT2D eigenvalue weighted by molar-refractivity contribution is 7.09. The normalized spacial score (nSPS) is 16.8. The zero-order valence-corrected chi connectivity index (χ0v) is 14.1. The van der Waals surface area contributed by atoms with E-state index in [2.05, 4.69) is 18.0 Å². The first kappa shape index (κ1) is 16.9. The first-order valence-corrected chi connectivity index (χ1v) is 8.14. The number of rotatable bonds is 3. The number of halogens is 1. The lowest BCUT2D eigenvalue weighted by Gasteiger charge is -2.32. The number of carbonyl (C=O) groups excluding carboxylic acids is 1. The summed E-state index contributed by atoms with van der Waals surface area (Å²) in [6.07, 6.45) is 1.72. The summed E-state index contributed by atoms with van der Waals surface area (Å²) >= 11 is 1.51. The summed E-state index contributed by atoms with van der Waals surface area (Å²) in [6.45, 7) is 3.52. The number of nitrogens with zero attached hydrogens (tertiary/aromatic N) is 2. The second kappa shape index (κ2) is 7.22. The summed E-state index contributed by atoms with van der Waals surface area (Å²) in [5.41, 5.74) is 8.34. The Morgan fingerprint density at radius 2 is 2.23 bits per heavy atom. The number of carbonyl (C=O) groups is 1. The highest BCUT2D eigenvalue weighted by atomic mass is 35.5. The summed E-state index contributed by atoms with van der Waals surface area (Å²) < 4.78 is 0. The quantitative estimate of drug-likeness (QED) is 0.935. The summed E-state index contributed by atoms with van der Waals surface area (Å²) in [7, 11) is 0. The number of thiazole rings is 1. The molecule has 1 amide bonds. The zero-order chi connectivity index (χ0) is 14.8. The first-order valence-electron chi connectivity index (χ1n) is 7.26. The number of aromatic nitrogens is 1. The molecule has 0 saturated carbocycles. The molecule has 6 heteroatoms. The molecule has 2 aromatic rings. The predicted octanol–water partition coefficient (Wildman–Crippen LogP) is 3.22. The molecule has 0 radical (unpaired) electrons. The number of hydrogen-bond acceptors (Lipinski definition) is 4. The van der Waals surface area contributed by atoms with E-state index >= 15 is 0 Å². The number of anilines is 1. The number of benzene rings is 1. The van der Waals surface area contributed by atoms with Gasteiger partial charge in [0.25, 0.3) is 5.91 Å². The van der Waals surface area contributed by atoms with Crippen molar-refractivity contribution >= 4 is 35.3 Å². The third-order valence-corrected chi connectivity index (χ3v) is 4.83. The van der Waals surface area contributed by atoms with E-state index in [4.69, 9.17) is 5.73 Å². The van der Waals surface area contributed by atoms with Gasteiger partial charge in [-0.2, -0.15) is 0 Å². The molecule has 4 nitrogen and oxygen atoms in total. The van der Waals surface area contributed by atoms with Crippen LogP contribution in [0.4, 0.5) is 5.69 Å². The van der Waals surface area contributed by atoms with Crippen molar-refractivity contribution in [2.45, 2.75) is 25.7 Å². The van der Waals surface area contributed by atoms with Crippen molar-refractivity contribution in [3.05, 3.63) is 45.9 Å². The van der Waals surface area contributed by atoms with Crippen LogP contribution in [-0.2, 0) is 6.42 Å². The Kier molecular flexibility index (Phi) is 5.56. The average molecular weight is 338 g/mol. The minimum atomic E-state index is -0.00567. The maximum absolute atomic E-state index is 12.7. The van der Waals surface area contributed by atoms with Crippen LogP contribution in [0.5, 0.6) is 0 Å². The van der Waals surface area contributed by atoms with Gasteiger partial charge in [0.2, 0.25) is 0 Å². The maximum Gasteiger partial charge on any atom is 0.277 e. The number of amides is 1. The summed E-state index contributed by atoms with van der Waals surface area (Å²) in [6, 6.07) is 8.15. The molecule has 0 saturated heterocycles. The van der Waals surface area contributed by atoms with Crippen molar-refractivity contribution in [1.82, 2.24) is 4.98 Å². The lowest BCUT2D eigenvalue weighted by molar-refractivity contribution is 0.0980. The van der Waals surface area contributed by atoms with Crippen LogP contribution < -0.4 is 10.6 Å². The van der Waals surface area contributed by atoms with E-state index in [-0.39, 0.29) is 18.3 Å². The largest absolute Gasteiger partial charge is 0.330 e. The molecule has 1 aliphatic rings. The molecule has 3 rings (SSSR count). The molecular formula is C16H20ClN3OS. The molecule has 22 heavy (non-hydrogen) atoms. The third kappa shape index (κ3) is 3.16. The minimum absolute atomic E-state index is 0. The van der Waals surface area contributed by atoms with Crippen LogP contribution in [0.3, 0.4) is 0 Å². The number of hydrogen-bond donors (Lipinski definition) is 1. The van der Waals surface area contributed by atoms with E-state index in [9.17, 15) is 4.79 Å². The van der Waals surface area contributed by atoms with Crippen molar-refractivity contribution in [1.29, 1.82) is 0 Å². The summed E-state index contributed by atoms with van der Waals surface area (Å²) in [5.74, 6) is 0.488. The highest BCUT2D eigenvalue weighted by Crippen LogP contribution is 2.35. The maximum atomic E-state index is 12.7. The molecule has 1 unspecified atom stereocenters. The van der Waals surface area contributed by atoms with Gasteiger partial charge in [0.05, 0.1) is 5.01 Å². The molecule has 1 aromatic heterocycles. The van der Waals surface area contributed by atoms with Crippen LogP contribution in [0.15, 0.2) is 29.6 Å². The van der Waals surface area contributed by atoms with E-state index in [1.54, 1.807) is 0 Å². The summed E-state index contributed by atoms with van der Waals surface area (Å²) in [5, 5.41) is 2.77. The fourth-order valence-electron chi connectivity index (χ4n) is 2.75. The van der Waals surface area contributed by atoms with Crippen LogP contribution in [0.2, 0.25) is 0 Å². The number of para-hydroxylation sites is 1. The van der Waals surface area contributed by atoms with Gasteiger partial charge in [0.1, 0.15) is 5.69 Å². The number of fused-ring (bicyclic) bond motifs is 1. The van der Waals surface area contributed by atoms with Gasteiger partial charge >= 0.3 is 0 Å².